The molecule has 1 N–H and O–H groups in total. The van der Waals surface area contributed by atoms with Gasteiger partial charge in [-0.05, 0) is 30.5 Å². The van der Waals surface area contributed by atoms with Gasteiger partial charge in [0.15, 0.2) is 0 Å². The minimum absolute atomic E-state index is 0.0824. The summed E-state index contributed by atoms with van der Waals surface area (Å²) in [5.41, 5.74) is 0.230. The van der Waals surface area contributed by atoms with Crippen LogP contribution in [0.4, 0.5) is 14.9 Å². The number of nitro groups is 1. The van der Waals surface area contributed by atoms with Crippen molar-refractivity contribution >= 4 is 17.9 Å². The van der Waals surface area contributed by atoms with E-state index in [4.69, 9.17) is 4.74 Å². The van der Waals surface area contributed by atoms with Gasteiger partial charge in [0, 0.05) is 38.8 Å². The van der Waals surface area contributed by atoms with Crippen molar-refractivity contribution in [2.75, 3.05) is 26.2 Å². The van der Waals surface area contributed by atoms with E-state index in [0.29, 0.717) is 45.6 Å². The van der Waals surface area contributed by atoms with Crippen LogP contribution in [-0.4, -0.2) is 63.8 Å². The molecule has 2 saturated heterocycles. The van der Waals surface area contributed by atoms with Gasteiger partial charge < -0.3 is 14.7 Å². The van der Waals surface area contributed by atoms with Crippen LogP contribution in [0.3, 0.4) is 0 Å². The second kappa shape index (κ2) is 9.68. The highest BCUT2D eigenvalue weighted by Crippen LogP contribution is 2.34. The van der Waals surface area contributed by atoms with E-state index >= 15 is 0 Å². The third-order valence-corrected chi connectivity index (χ3v) is 6.25. The van der Waals surface area contributed by atoms with Crippen molar-refractivity contribution in [1.29, 1.82) is 0 Å². The van der Waals surface area contributed by atoms with Crippen LogP contribution in [0.15, 0.2) is 54.6 Å². The number of amides is 1. The normalized spacial score (nSPS) is 20.9. The number of carbonyl (C=O) groups is 1. The molecule has 2 aliphatic rings. The zero-order chi connectivity index (χ0) is 23.4. The highest BCUT2D eigenvalue weighted by Gasteiger charge is 2.43. The molecule has 1 unspecified atom stereocenters. The average Bonchev–Trinajstić information content (AvgIpc) is 2.79. The largest absolute Gasteiger partial charge is 0.465 e. The molecule has 0 aromatic heterocycles. The molecule has 2 aliphatic heterocycles. The SMILES string of the molecule is O=C(O)N1CCC2(CC1)CN(Cc1ccccc1)CC(/C=C/c1c(F)cccc1[N+](=O)[O-])O2. The number of nitrogens with zero attached hydrogens (tertiary/aromatic N) is 3. The maximum atomic E-state index is 14.3. The molecule has 9 heteroatoms. The molecule has 0 bridgehead atoms. The number of carboxylic acid groups (broad SMARTS) is 1. The summed E-state index contributed by atoms with van der Waals surface area (Å²) < 4.78 is 20.8. The molecule has 33 heavy (non-hydrogen) atoms. The Morgan fingerprint density at radius 1 is 1.21 bits per heavy atom. The van der Waals surface area contributed by atoms with Crippen molar-refractivity contribution in [1.82, 2.24) is 9.80 Å². The fourth-order valence-electron chi connectivity index (χ4n) is 4.62. The molecule has 174 valence electrons. The van der Waals surface area contributed by atoms with E-state index in [1.54, 1.807) is 6.08 Å². The van der Waals surface area contributed by atoms with Gasteiger partial charge in [0.25, 0.3) is 5.69 Å². The molecule has 2 aromatic carbocycles. The predicted molar refractivity (Wildman–Crippen MR) is 120 cm³/mol. The third-order valence-electron chi connectivity index (χ3n) is 6.25. The zero-order valence-electron chi connectivity index (χ0n) is 18.1. The standard InChI is InChI=1S/C24H26FN3O5/c25-21-7-4-8-22(28(31)32)20(21)10-9-19-16-26(15-18-5-2-1-3-6-18)17-24(33-19)11-13-27(14-12-24)23(29)30/h1-10,19H,11-17H2,(H,29,30)/b10-9+. The molecule has 4 rings (SSSR count). The first-order valence-corrected chi connectivity index (χ1v) is 10.9. The Morgan fingerprint density at radius 2 is 1.94 bits per heavy atom. The molecular weight excluding hydrogens is 429 g/mol. The van der Waals surface area contributed by atoms with E-state index < -0.39 is 28.5 Å². The minimum Gasteiger partial charge on any atom is -0.465 e. The van der Waals surface area contributed by atoms with Gasteiger partial charge in [0.05, 0.1) is 22.2 Å². The van der Waals surface area contributed by atoms with Gasteiger partial charge in [-0.25, -0.2) is 9.18 Å². The van der Waals surface area contributed by atoms with E-state index in [9.17, 15) is 24.4 Å². The third kappa shape index (κ3) is 5.37. The van der Waals surface area contributed by atoms with Gasteiger partial charge in [-0.2, -0.15) is 0 Å². The van der Waals surface area contributed by atoms with Crippen LogP contribution in [0.2, 0.25) is 0 Å². The Balaban J connectivity index is 1.57. The van der Waals surface area contributed by atoms with Gasteiger partial charge in [-0.1, -0.05) is 42.5 Å². The zero-order valence-corrected chi connectivity index (χ0v) is 18.1. The number of ether oxygens (including phenoxy) is 1. The molecule has 2 aromatic rings. The number of benzene rings is 2. The molecule has 1 amide bonds. The van der Waals surface area contributed by atoms with E-state index in [1.807, 2.05) is 30.3 Å². The molecule has 0 radical (unpaired) electrons. The lowest BCUT2D eigenvalue weighted by molar-refractivity contribution is -0.385. The fraction of sp³-hybridized carbons (Fsp3) is 0.375. The number of hydrogen-bond donors (Lipinski definition) is 1. The Bertz CT molecular complexity index is 1040. The fourth-order valence-corrected chi connectivity index (χ4v) is 4.62. The van der Waals surface area contributed by atoms with Crippen molar-refractivity contribution in [2.45, 2.75) is 31.1 Å². The summed E-state index contributed by atoms with van der Waals surface area (Å²) >= 11 is 0. The highest BCUT2D eigenvalue weighted by atomic mass is 19.1. The maximum Gasteiger partial charge on any atom is 0.407 e. The summed E-state index contributed by atoms with van der Waals surface area (Å²) in [5.74, 6) is -0.665. The second-order valence-electron chi connectivity index (χ2n) is 8.55. The van der Waals surface area contributed by atoms with Crippen molar-refractivity contribution < 1.29 is 24.0 Å². The first-order valence-electron chi connectivity index (χ1n) is 10.9. The number of halogens is 1. The van der Waals surface area contributed by atoms with Crippen molar-refractivity contribution in [3.63, 3.8) is 0 Å². The first kappa shape index (κ1) is 22.9. The van der Waals surface area contributed by atoms with Gasteiger partial charge >= 0.3 is 6.09 Å². The molecule has 2 fully saturated rings. The van der Waals surface area contributed by atoms with Gasteiger partial charge in [0.2, 0.25) is 0 Å². The van der Waals surface area contributed by atoms with E-state index in [0.717, 1.165) is 5.56 Å². The molecule has 1 spiro atoms. The predicted octanol–water partition coefficient (Wildman–Crippen LogP) is 4.16. The summed E-state index contributed by atoms with van der Waals surface area (Å²) in [4.78, 5) is 25.7. The quantitative estimate of drug-likeness (QED) is 0.537. The lowest BCUT2D eigenvalue weighted by Crippen LogP contribution is -2.59. The molecule has 0 aliphatic carbocycles. The first-order chi connectivity index (χ1) is 15.8. The average molecular weight is 455 g/mol. The van der Waals surface area contributed by atoms with Crippen LogP contribution in [0.5, 0.6) is 0 Å². The van der Waals surface area contributed by atoms with Crippen molar-refractivity contribution in [3.05, 3.63) is 81.7 Å². The van der Waals surface area contributed by atoms with Crippen LogP contribution < -0.4 is 0 Å². The summed E-state index contributed by atoms with van der Waals surface area (Å²) in [6.45, 7) is 2.64. The van der Waals surface area contributed by atoms with E-state index in [2.05, 4.69) is 4.90 Å². The number of hydrogen-bond acceptors (Lipinski definition) is 5. The Hall–Kier alpha value is -3.30. The Labute approximate surface area is 191 Å². The van der Waals surface area contributed by atoms with Crippen LogP contribution in [0.1, 0.15) is 24.0 Å². The lowest BCUT2D eigenvalue weighted by atomic mass is 9.88. The number of likely N-dealkylation sites (tertiary alicyclic amines) is 1. The van der Waals surface area contributed by atoms with Crippen LogP contribution in [0.25, 0.3) is 6.08 Å². The second-order valence-corrected chi connectivity index (χ2v) is 8.55. The maximum absolute atomic E-state index is 14.3. The van der Waals surface area contributed by atoms with Gasteiger partial charge in [0.1, 0.15) is 5.82 Å². The summed E-state index contributed by atoms with van der Waals surface area (Å²) in [7, 11) is 0. The Kier molecular flexibility index (Phi) is 6.71. The van der Waals surface area contributed by atoms with Crippen molar-refractivity contribution in [3.8, 4) is 0 Å². The molecule has 0 saturated carbocycles. The molecule has 8 nitrogen and oxygen atoms in total. The summed E-state index contributed by atoms with van der Waals surface area (Å²) in [6.07, 6.45) is 2.84. The van der Waals surface area contributed by atoms with Crippen LogP contribution >= 0.6 is 0 Å². The molecular formula is C24H26FN3O5. The van der Waals surface area contributed by atoms with E-state index in [-0.39, 0.29) is 11.3 Å². The van der Waals surface area contributed by atoms with E-state index in [1.165, 1.54) is 29.2 Å². The molecule has 1 atom stereocenters. The van der Waals surface area contributed by atoms with Gasteiger partial charge in [-0.15, -0.1) is 0 Å². The smallest absolute Gasteiger partial charge is 0.407 e. The van der Waals surface area contributed by atoms with Crippen LogP contribution in [-0.2, 0) is 11.3 Å². The number of nitro benzene ring substituents is 1. The number of piperidine rings is 1. The van der Waals surface area contributed by atoms with Gasteiger partial charge in [-0.3, -0.25) is 15.0 Å². The van der Waals surface area contributed by atoms with Crippen LogP contribution in [0, 0.1) is 15.9 Å². The minimum atomic E-state index is -0.940. The molecule has 2 heterocycles. The summed E-state index contributed by atoms with van der Waals surface area (Å²) in [5, 5.41) is 20.6. The Morgan fingerprint density at radius 3 is 2.61 bits per heavy atom. The monoisotopic (exact) mass is 455 g/mol. The number of morpholine rings is 1. The highest BCUT2D eigenvalue weighted by molar-refractivity contribution is 5.65. The topological polar surface area (TPSA) is 96.2 Å². The lowest BCUT2D eigenvalue weighted by Gasteiger charge is -2.49. The van der Waals surface area contributed by atoms with Crippen molar-refractivity contribution in [2.24, 2.45) is 0 Å². The summed E-state index contributed by atoms with van der Waals surface area (Å²) in [6, 6.07) is 13.8. The number of rotatable bonds is 5.